The van der Waals surface area contributed by atoms with Crippen LogP contribution >= 0.6 is 0 Å². The molecule has 8 heteroatoms. The van der Waals surface area contributed by atoms with E-state index in [0.29, 0.717) is 19.6 Å². The maximum atomic E-state index is 11.7. The number of hydrogen-bond acceptors (Lipinski definition) is 6. The molecule has 0 aliphatic carbocycles. The number of ether oxygens (including phenoxy) is 1. The zero-order valence-electron chi connectivity index (χ0n) is 12.1. The summed E-state index contributed by atoms with van der Waals surface area (Å²) in [6.07, 6.45) is 0.109. The van der Waals surface area contributed by atoms with Crippen molar-refractivity contribution in [3.05, 3.63) is 0 Å². The lowest BCUT2D eigenvalue weighted by atomic mass is 10.2. The summed E-state index contributed by atoms with van der Waals surface area (Å²) >= 11 is 0. The molecule has 120 valence electrons. The third-order valence-corrected chi connectivity index (χ3v) is 3.20. The number of aliphatic hydroxyl groups is 1. The van der Waals surface area contributed by atoms with Crippen molar-refractivity contribution < 1.29 is 29.3 Å². The number of nitrogens with zero attached hydrogens (tertiary/aromatic N) is 1. The molecule has 0 spiro atoms. The molecule has 21 heavy (non-hydrogen) atoms. The highest BCUT2D eigenvalue weighted by Gasteiger charge is 2.36. The second kappa shape index (κ2) is 8.58. The van der Waals surface area contributed by atoms with E-state index in [1.54, 1.807) is 6.92 Å². The highest BCUT2D eigenvalue weighted by atomic mass is 16.5. The van der Waals surface area contributed by atoms with E-state index in [1.165, 1.54) is 4.90 Å². The Balaban J connectivity index is 2.24. The van der Waals surface area contributed by atoms with Gasteiger partial charge >= 0.3 is 11.9 Å². The zero-order valence-corrected chi connectivity index (χ0v) is 12.1. The van der Waals surface area contributed by atoms with Crippen molar-refractivity contribution in [2.45, 2.75) is 38.3 Å². The molecule has 1 rings (SSSR count). The molecule has 8 nitrogen and oxygen atoms in total. The number of hydrogen-bond donors (Lipinski definition) is 3. The molecule has 0 bridgehead atoms. The summed E-state index contributed by atoms with van der Waals surface area (Å²) in [5.74, 6) is -1.67. The summed E-state index contributed by atoms with van der Waals surface area (Å²) in [5.41, 5.74) is 0. The van der Waals surface area contributed by atoms with Gasteiger partial charge in [0, 0.05) is 25.9 Å². The number of carboxylic acids is 1. The van der Waals surface area contributed by atoms with E-state index < -0.39 is 18.1 Å². The number of carbonyl (C=O) groups excluding carboxylic acids is 2. The van der Waals surface area contributed by atoms with Crippen LogP contribution in [0, 0.1) is 0 Å². The van der Waals surface area contributed by atoms with Crippen molar-refractivity contribution in [2.24, 2.45) is 0 Å². The van der Waals surface area contributed by atoms with Gasteiger partial charge in [-0.3, -0.25) is 19.3 Å². The third-order valence-electron chi connectivity index (χ3n) is 3.20. The quantitative estimate of drug-likeness (QED) is 0.387. The van der Waals surface area contributed by atoms with E-state index in [1.807, 2.05) is 0 Å². The normalized spacial score (nSPS) is 22.0. The highest BCUT2D eigenvalue weighted by molar-refractivity contribution is 5.80. The minimum absolute atomic E-state index is 0.0760. The highest BCUT2D eigenvalue weighted by Crippen LogP contribution is 2.17. The number of esters is 1. The number of β-amino-alcohol motifs (C(OH)–C–C–N with tert-alkyl or cyclic N) is 1. The fourth-order valence-electron chi connectivity index (χ4n) is 2.25. The predicted molar refractivity (Wildman–Crippen MR) is 72.5 cm³/mol. The maximum Gasteiger partial charge on any atom is 0.321 e. The molecule has 0 radical (unpaired) electrons. The van der Waals surface area contributed by atoms with Gasteiger partial charge in [-0.15, -0.1) is 0 Å². The van der Waals surface area contributed by atoms with Crippen LogP contribution in [0.2, 0.25) is 0 Å². The molecule has 1 heterocycles. The Kier molecular flexibility index (Phi) is 7.10. The average molecular weight is 302 g/mol. The summed E-state index contributed by atoms with van der Waals surface area (Å²) in [4.78, 5) is 35.2. The van der Waals surface area contributed by atoms with Gasteiger partial charge in [-0.05, 0) is 13.3 Å². The van der Waals surface area contributed by atoms with Crippen molar-refractivity contribution in [2.75, 3.05) is 26.2 Å². The second-order valence-electron chi connectivity index (χ2n) is 4.93. The summed E-state index contributed by atoms with van der Waals surface area (Å²) in [6.45, 7) is 2.48. The Morgan fingerprint density at radius 1 is 1.38 bits per heavy atom. The van der Waals surface area contributed by atoms with Crippen LogP contribution in [-0.2, 0) is 19.1 Å². The van der Waals surface area contributed by atoms with Crippen LogP contribution in [0.15, 0.2) is 0 Å². The van der Waals surface area contributed by atoms with Crippen molar-refractivity contribution in [1.29, 1.82) is 0 Å². The largest absolute Gasteiger partial charge is 0.480 e. The minimum Gasteiger partial charge on any atom is -0.480 e. The first-order chi connectivity index (χ1) is 9.93. The fourth-order valence-corrected chi connectivity index (χ4v) is 2.25. The standard InChI is InChI=1S/C13H22N2O6/c1-2-21-12(18)4-3-5-14-11(17)8-15-7-9(16)6-10(15)13(19)20/h9-10,16H,2-8H2,1H3,(H,14,17)(H,19,20). The van der Waals surface area contributed by atoms with Crippen molar-refractivity contribution in [3.63, 3.8) is 0 Å². The first kappa shape index (κ1) is 17.4. The molecular formula is C13H22N2O6. The predicted octanol–water partition coefficient (Wildman–Crippen LogP) is -1.03. The maximum absolute atomic E-state index is 11.7. The third kappa shape index (κ3) is 6.09. The van der Waals surface area contributed by atoms with Gasteiger partial charge < -0.3 is 20.3 Å². The lowest BCUT2D eigenvalue weighted by molar-refractivity contribution is -0.144. The number of aliphatic carboxylic acids is 1. The van der Waals surface area contributed by atoms with Crippen LogP contribution in [0.5, 0.6) is 0 Å². The number of carbonyl (C=O) groups is 3. The van der Waals surface area contributed by atoms with E-state index >= 15 is 0 Å². The number of amides is 1. The Morgan fingerprint density at radius 2 is 2.10 bits per heavy atom. The molecule has 0 saturated carbocycles. The van der Waals surface area contributed by atoms with E-state index in [9.17, 15) is 19.5 Å². The molecule has 1 saturated heterocycles. The van der Waals surface area contributed by atoms with E-state index in [0.717, 1.165) is 0 Å². The Morgan fingerprint density at radius 3 is 2.71 bits per heavy atom. The van der Waals surface area contributed by atoms with Gasteiger partial charge in [0.25, 0.3) is 0 Å². The van der Waals surface area contributed by atoms with Crippen LogP contribution < -0.4 is 5.32 Å². The van der Waals surface area contributed by atoms with Crippen LogP contribution in [0.25, 0.3) is 0 Å². The summed E-state index contributed by atoms with van der Waals surface area (Å²) in [6, 6.07) is -0.828. The summed E-state index contributed by atoms with van der Waals surface area (Å²) < 4.78 is 4.76. The zero-order chi connectivity index (χ0) is 15.8. The molecule has 2 atom stereocenters. The molecule has 1 fully saturated rings. The minimum atomic E-state index is -1.04. The van der Waals surface area contributed by atoms with Gasteiger partial charge in [-0.25, -0.2) is 0 Å². The monoisotopic (exact) mass is 302 g/mol. The smallest absolute Gasteiger partial charge is 0.321 e. The van der Waals surface area contributed by atoms with Crippen molar-refractivity contribution in [3.8, 4) is 0 Å². The first-order valence-corrected chi connectivity index (χ1v) is 7.01. The van der Waals surface area contributed by atoms with Gasteiger partial charge in [-0.1, -0.05) is 0 Å². The summed E-state index contributed by atoms with van der Waals surface area (Å²) in [7, 11) is 0. The number of rotatable bonds is 8. The van der Waals surface area contributed by atoms with Gasteiger partial charge in [-0.2, -0.15) is 0 Å². The Bertz CT molecular complexity index is 387. The average Bonchev–Trinajstić information content (AvgIpc) is 2.76. The van der Waals surface area contributed by atoms with E-state index in [-0.39, 0.29) is 37.8 Å². The molecule has 1 amide bonds. The lowest BCUT2D eigenvalue weighted by Gasteiger charge is -2.19. The van der Waals surface area contributed by atoms with Crippen LogP contribution in [0.4, 0.5) is 0 Å². The van der Waals surface area contributed by atoms with Crippen LogP contribution in [0.3, 0.4) is 0 Å². The topological polar surface area (TPSA) is 116 Å². The van der Waals surface area contributed by atoms with Crippen molar-refractivity contribution in [1.82, 2.24) is 10.2 Å². The Labute approximate surface area is 123 Å². The Hall–Kier alpha value is -1.67. The van der Waals surface area contributed by atoms with Gasteiger partial charge in [0.2, 0.25) is 5.91 Å². The number of aliphatic hydroxyl groups excluding tert-OH is 1. The molecule has 0 aromatic carbocycles. The van der Waals surface area contributed by atoms with Crippen LogP contribution in [0.1, 0.15) is 26.2 Å². The first-order valence-electron chi connectivity index (χ1n) is 7.01. The lowest BCUT2D eigenvalue weighted by Crippen LogP contribution is -2.43. The number of nitrogens with one attached hydrogen (secondary N) is 1. The molecule has 0 aromatic heterocycles. The molecule has 2 unspecified atom stereocenters. The van der Waals surface area contributed by atoms with Crippen molar-refractivity contribution >= 4 is 17.8 Å². The summed E-state index contributed by atoms with van der Waals surface area (Å²) in [5, 5.41) is 21.1. The molecule has 1 aliphatic heterocycles. The van der Waals surface area contributed by atoms with Gasteiger partial charge in [0.05, 0.1) is 19.3 Å². The number of carboxylic acid groups (broad SMARTS) is 1. The van der Waals surface area contributed by atoms with Gasteiger partial charge in [0.15, 0.2) is 0 Å². The van der Waals surface area contributed by atoms with E-state index in [4.69, 9.17) is 9.84 Å². The molecule has 0 aromatic rings. The number of likely N-dealkylation sites (tertiary alicyclic amines) is 1. The van der Waals surface area contributed by atoms with Crippen LogP contribution in [-0.4, -0.2) is 71.3 Å². The van der Waals surface area contributed by atoms with E-state index in [2.05, 4.69) is 5.32 Å². The SMILES string of the molecule is CCOC(=O)CCCNC(=O)CN1CC(O)CC1C(=O)O. The molecule has 1 aliphatic rings. The molecule has 3 N–H and O–H groups in total. The van der Waals surface area contributed by atoms with Gasteiger partial charge in [0.1, 0.15) is 6.04 Å². The molecular weight excluding hydrogens is 280 g/mol. The second-order valence-corrected chi connectivity index (χ2v) is 4.93. The fraction of sp³-hybridized carbons (Fsp3) is 0.769.